The van der Waals surface area contributed by atoms with Crippen LogP contribution in [-0.2, 0) is 30.4 Å². The SMILES string of the molecule is COc1cc2c(cc1-c1cncc(NC(=O)CCCNC(=O)CCOCCNC(=O)OC(C)(C)C)c1)-c1c(c(C(=O)N3CCOCC3(C)C)nn1-c1cc(F)cc(F)c1)CO2. The van der Waals surface area contributed by atoms with Gasteiger partial charge in [0.2, 0.25) is 11.8 Å². The number of nitrogens with zero attached hydrogens (tertiary/aromatic N) is 4. The summed E-state index contributed by atoms with van der Waals surface area (Å²) in [6.07, 6.45) is 3.16. The maximum atomic E-state index is 14.7. The summed E-state index contributed by atoms with van der Waals surface area (Å²) < 4.78 is 58.9. The molecule has 2 aliphatic heterocycles. The molecule has 2 aromatic heterocycles. The first-order chi connectivity index (χ1) is 29.0. The number of amides is 4. The van der Waals surface area contributed by atoms with Crippen molar-refractivity contribution in [3.05, 3.63) is 71.7 Å². The van der Waals surface area contributed by atoms with Gasteiger partial charge in [-0.15, -0.1) is 0 Å². The monoisotopic (exact) mass is 847 g/mol. The van der Waals surface area contributed by atoms with E-state index in [9.17, 15) is 28.0 Å². The Balaban J connectivity index is 1.13. The van der Waals surface area contributed by atoms with E-state index in [1.54, 1.807) is 50.1 Å². The van der Waals surface area contributed by atoms with Crippen molar-refractivity contribution in [3.63, 3.8) is 0 Å². The number of anilines is 1. The Morgan fingerprint density at radius 1 is 0.918 bits per heavy atom. The molecule has 3 N–H and O–H groups in total. The van der Waals surface area contributed by atoms with Crippen molar-refractivity contribution in [3.8, 4) is 39.6 Å². The van der Waals surface area contributed by atoms with Crippen molar-refractivity contribution in [2.45, 2.75) is 71.6 Å². The summed E-state index contributed by atoms with van der Waals surface area (Å²) in [6.45, 7) is 10.9. The van der Waals surface area contributed by atoms with E-state index in [0.29, 0.717) is 71.3 Å². The molecule has 326 valence electrons. The van der Waals surface area contributed by atoms with Crippen LogP contribution in [0.25, 0.3) is 28.1 Å². The lowest BCUT2D eigenvalue weighted by molar-refractivity contribution is -0.122. The van der Waals surface area contributed by atoms with Gasteiger partial charge >= 0.3 is 6.09 Å². The highest BCUT2D eigenvalue weighted by atomic mass is 19.1. The second-order valence-electron chi connectivity index (χ2n) is 16.1. The number of hydrogen-bond donors (Lipinski definition) is 3. The van der Waals surface area contributed by atoms with Crippen LogP contribution in [0.1, 0.15) is 69.9 Å². The third kappa shape index (κ3) is 11.2. The third-order valence-electron chi connectivity index (χ3n) is 9.72. The fourth-order valence-electron chi connectivity index (χ4n) is 6.91. The third-order valence-corrected chi connectivity index (χ3v) is 9.72. The van der Waals surface area contributed by atoms with Crippen LogP contribution in [0.2, 0.25) is 0 Å². The minimum Gasteiger partial charge on any atom is -0.496 e. The quantitative estimate of drug-likeness (QED) is 0.123. The van der Waals surface area contributed by atoms with Gasteiger partial charge in [-0.2, -0.15) is 5.10 Å². The molecule has 0 aliphatic carbocycles. The van der Waals surface area contributed by atoms with Gasteiger partial charge in [0.1, 0.15) is 35.3 Å². The van der Waals surface area contributed by atoms with Crippen LogP contribution in [0, 0.1) is 11.6 Å². The lowest BCUT2D eigenvalue weighted by Crippen LogP contribution is -2.55. The van der Waals surface area contributed by atoms with E-state index < -0.39 is 28.9 Å². The van der Waals surface area contributed by atoms with Gasteiger partial charge in [0.05, 0.1) is 62.3 Å². The fourth-order valence-corrected chi connectivity index (χ4v) is 6.91. The number of halogens is 2. The first kappa shape index (κ1) is 44.4. The van der Waals surface area contributed by atoms with Crippen molar-refractivity contribution in [1.29, 1.82) is 0 Å². The predicted octanol–water partition coefficient (Wildman–Crippen LogP) is 5.80. The molecule has 4 heterocycles. The Kier molecular flexibility index (Phi) is 13.9. The summed E-state index contributed by atoms with van der Waals surface area (Å²) >= 11 is 0. The number of benzene rings is 2. The molecule has 0 radical (unpaired) electrons. The molecule has 2 aromatic carbocycles. The van der Waals surface area contributed by atoms with E-state index in [1.165, 1.54) is 18.0 Å². The van der Waals surface area contributed by atoms with Gasteiger partial charge in [-0.3, -0.25) is 19.4 Å². The Hall–Kier alpha value is -6.14. The number of pyridine rings is 1. The van der Waals surface area contributed by atoms with Gasteiger partial charge in [0.15, 0.2) is 5.69 Å². The van der Waals surface area contributed by atoms with Crippen molar-refractivity contribution in [1.82, 2.24) is 30.3 Å². The Labute approximate surface area is 352 Å². The second kappa shape index (κ2) is 19.1. The fraction of sp³-hybridized carbons (Fsp3) is 0.442. The van der Waals surface area contributed by atoms with Crippen LogP contribution in [0.5, 0.6) is 11.5 Å². The lowest BCUT2D eigenvalue weighted by atomic mass is 9.95. The van der Waals surface area contributed by atoms with E-state index >= 15 is 0 Å². The van der Waals surface area contributed by atoms with Gasteiger partial charge in [-0.25, -0.2) is 18.3 Å². The molecule has 0 bridgehead atoms. The lowest BCUT2D eigenvalue weighted by Gasteiger charge is -2.41. The Bertz CT molecular complexity index is 2250. The topological polar surface area (TPSA) is 184 Å². The number of morpholine rings is 1. The molecule has 16 nitrogen and oxygen atoms in total. The molecule has 2 aliphatic rings. The number of carbonyl (C=O) groups excluding carboxylic acids is 4. The van der Waals surface area contributed by atoms with Crippen LogP contribution >= 0.6 is 0 Å². The number of methoxy groups -OCH3 is 1. The normalized spacial score (nSPS) is 14.3. The van der Waals surface area contributed by atoms with Crippen LogP contribution in [0.3, 0.4) is 0 Å². The van der Waals surface area contributed by atoms with Crippen LogP contribution in [-0.4, -0.2) is 108 Å². The minimum absolute atomic E-state index is 0.0493. The molecule has 0 saturated carbocycles. The maximum absolute atomic E-state index is 14.7. The number of nitrogens with one attached hydrogen (secondary N) is 3. The van der Waals surface area contributed by atoms with E-state index in [4.69, 9.17) is 23.7 Å². The van der Waals surface area contributed by atoms with Crippen LogP contribution in [0.4, 0.5) is 19.3 Å². The molecular weight excluding hydrogens is 797 g/mol. The summed E-state index contributed by atoms with van der Waals surface area (Å²) in [7, 11) is 1.50. The molecular formula is C43H51F2N7O9. The van der Waals surface area contributed by atoms with Crippen molar-refractivity contribution in [2.75, 3.05) is 58.5 Å². The zero-order chi connectivity index (χ0) is 43.9. The molecule has 0 atom stereocenters. The standard InChI is InChI=1S/C43H51F2N7O9/c1-42(2,3)61-41(56)48-11-14-58-13-9-36(53)47-10-7-8-37(54)49-29-16-26(22-46-23-29)31-20-32-35(21-34(31)57-6)60-24-33-38(40(55)51-12-15-59-25-43(51,4)5)50-52(39(32)33)30-18-27(44)17-28(45)19-30/h16-23H,7-15,24-25H2,1-6H3,(H,47,53)(H,48,56)(H,49,54). The highest BCUT2D eigenvalue weighted by Crippen LogP contribution is 2.46. The molecule has 61 heavy (non-hydrogen) atoms. The average Bonchev–Trinajstić information content (AvgIpc) is 3.59. The number of hydrogen-bond acceptors (Lipinski definition) is 11. The number of ether oxygens (including phenoxy) is 5. The largest absolute Gasteiger partial charge is 0.496 e. The van der Waals surface area contributed by atoms with E-state index in [-0.39, 0.29) is 74.9 Å². The van der Waals surface area contributed by atoms with Gasteiger partial charge < -0.3 is 44.5 Å². The van der Waals surface area contributed by atoms with Crippen molar-refractivity contribution < 1.29 is 51.6 Å². The highest BCUT2D eigenvalue weighted by Gasteiger charge is 2.39. The van der Waals surface area contributed by atoms with Gasteiger partial charge in [0.25, 0.3) is 5.91 Å². The first-order valence-corrected chi connectivity index (χ1v) is 19.9. The molecule has 6 rings (SSSR count). The van der Waals surface area contributed by atoms with Gasteiger partial charge in [-0.1, -0.05) is 0 Å². The first-order valence-electron chi connectivity index (χ1n) is 19.9. The smallest absolute Gasteiger partial charge is 0.407 e. The number of fused-ring (bicyclic) bond motifs is 3. The molecule has 1 fully saturated rings. The minimum atomic E-state index is -0.816. The summed E-state index contributed by atoms with van der Waals surface area (Å²) in [6, 6.07) is 8.21. The van der Waals surface area contributed by atoms with Gasteiger partial charge in [-0.05, 0) is 65.3 Å². The number of alkyl carbamates (subject to hydrolysis) is 1. The van der Waals surface area contributed by atoms with Crippen molar-refractivity contribution >= 4 is 29.5 Å². The molecule has 1 saturated heterocycles. The van der Waals surface area contributed by atoms with Gasteiger partial charge in [0, 0.05) is 73.1 Å². The summed E-state index contributed by atoms with van der Waals surface area (Å²) in [5.74, 6) is -1.72. The van der Waals surface area contributed by atoms with E-state index in [0.717, 1.165) is 18.2 Å². The maximum Gasteiger partial charge on any atom is 0.407 e. The summed E-state index contributed by atoms with van der Waals surface area (Å²) in [5, 5.41) is 12.9. The summed E-state index contributed by atoms with van der Waals surface area (Å²) in [5.41, 5.74) is 1.76. The van der Waals surface area contributed by atoms with E-state index in [1.807, 2.05) is 13.8 Å². The Morgan fingerprint density at radius 3 is 2.41 bits per heavy atom. The number of rotatable bonds is 15. The Morgan fingerprint density at radius 2 is 1.69 bits per heavy atom. The molecule has 4 amide bonds. The molecule has 18 heteroatoms. The van der Waals surface area contributed by atoms with Crippen LogP contribution < -0.4 is 25.4 Å². The molecule has 0 unspecified atom stereocenters. The zero-order valence-corrected chi connectivity index (χ0v) is 35.1. The zero-order valence-electron chi connectivity index (χ0n) is 35.1. The van der Waals surface area contributed by atoms with Crippen LogP contribution in [0.15, 0.2) is 48.8 Å². The second-order valence-corrected chi connectivity index (χ2v) is 16.1. The summed E-state index contributed by atoms with van der Waals surface area (Å²) in [4.78, 5) is 57.1. The molecule has 0 spiro atoms. The molecule has 4 aromatic rings. The van der Waals surface area contributed by atoms with E-state index in [2.05, 4.69) is 26.0 Å². The number of carbonyl (C=O) groups is 4. The number of aromatic nitrogens is 3. The average molecular weight is 848 g/mol. The van der Waals surface area contributed by atoms with Crippen molar-refractivity contribution in [2.24, 2.45) is 0 Å². The predicted molar refractivity (Wildman–Crippen MR) is 220 cm³/mol. The highest BCUT2D eigenvalue weighted by molar-refractivity contribution is 5.98.